The number of hydrogen-bond donors (Lipinski definition) is 0. The van der Waals surface area contributed by atoms with Gasteiger partial charge in [-0.25, -0.2) is 14.6 Å². The Balaban J connectivity index is 0.00000169. The lowest BCUT2D eigenvalue weighted by atomic mass is 10.1. The van der Waals surface area contributed by atoms with Gasteiger partial charge in [0.05, 0.1) is 36.6 Å². The standard InChI is InChI=1S/C17H19N5O.ClH/c1-11-4-5-14-13(8-11)17-19-16(6-7-23-3)20-22(17)9-15-12(2)18-10-21(14)15;/h4-5,8,10H,6-7,9H2,1-3H3;1H. The number of ether oxygens (including phenoxy) is 1. The van der Waals surface area contributed by atoms with Gasteiger partial charge in [-0.3, -0.25) is 0 Å². The van der Waals surface area contributed by atoms with Gasteiger partial charge in [0.15, 0.2) is 11.6 Å². The highest BCUT2D eigenvalue weighted by atomic mass is 35.5. The van der Waals surface area contributed by atoms with Gasteiger partial charge in [-0.2, -0.15) is 5.10 Å². The van der Waals surface area contributed by atoms with Crippen molar-refractivity contribution >= 4 is 12.4 Å². The van der Waals surface area contributed by atoms with Crippen LogP contribution in [0.5, 0.6) is 0 Å². The molecule has 0 fully saturated rings. The quantitative estimate of drug-likeness (QED) is 0.573. The first-order valence-electron chi connectivity index (χ1n) is 7.74. The van der Waals surface area contributed by atoms with E-state index >= 15 is 0 Å². The Morgan fingerprint density at radius 3 is 2.88 bits per heavy atom. The van der Waals surface area contributed by atoms with E-state index in [1.807, 2.05) is 17.9 Å². The molecule has 2 aromatic heterocycles. The predicted molar refractivity (Wildman–Crippen MR) is 94.0 cm³/mol. The highest BCUT2D eigenvalue weighted by molar-refractivity contribution is 5.85. The molecule has 7 heteroatoms. The summed E-state index contributed by atoms with van der Waals surface area (Å²) < 4.78 is 9.28. The largest absolute Gasteiger partial charge is 0.384 e. The molecule has 6 nitrogen and oxygen atoms in total. The van der Waals surface area contributed by atoms with Gasteiger partial charge in [0, 0.05) is 19.1 Å². The molecule has 0 aliphatic carbocycles. The average Bonchev–Trinajstić information content (AvgIpc) is 3.07. The third kappa shape index (κ3) is 2.61. The van der Waals surface area contributed by atoms with Gasteiger partial charge in [-0.1, -0.05) is 11.6 Å². The second-order valence-corrected chi connectivity index (χ2v) is 5.92. The van der Waals surface area contributed by atoms with Crippen molar-refractivity contribution < 1.29 is 4.74 Å². The van der Waals surface area contributed by atoms with Crippen molar-refractivity contribution in [3.8, 4) is 17.1 Å². The maximum Gasteiger partial charge on any atom is 0.160 e. The zero-order chi connectivity index (χ0) is 16.0. The zero-order valence-electron chi connectivity index (χ0n) is 14.0. The number of hydrogen-bond acceptors (Lipinski definition) is 4. The Morgan fingerprint density at radius 1 is 1.25 bits per heavy atom. The van der Waals surface area contributed by atoms with E-state index in [4.69, 9.17) is 9.72 Å². The Kier molecular flexibility index (Phi) is 4.43. The molecule has 0 atom stereocenters. The smallest absolute Gasteiger partial charge is 0.160 e. The first-order valence-corrected chi connectivity index (χ1v) is 7.74. The first-order chi connectivity index (χ1) is 11.2. The molecule has 3 aromatic rings. The lowest BCUT2D eigenvalue weighted by Gasteiger charge is -2.09. The summed E-state index contributed by atoms with van der Waals surface area (Å²) in [4.78, 5) is 9.23. The number of imidazole rings is 1. The number of halogens is 1. The Labute approximate surface area is 146 Å². The van der Waals surface area contributed by atoms with Crippen molar-refractivity contribution in [2.24, 2.45) is 0 Å². The van der Waals surface area contributed by atoms with Crippen LogP contribution in [0.3, 0.4) is 0 Å². The van der Waals surface area contributed by atoms with Crippen LogP contribution in [0.4, 0.5) is 0 Å². The van der Waals surface area contributed by atoms with Crippen LogP contribution in [-0.4, -0.2) is 38.0 Å². The molecule has 4 rings (SSSR count). The molecule has 1 aliphatic rings. The Morgan fingerprint density at radius 2 is 2.08 bits per heavy atom. The molecule has 1 aliphatic heterocycles. The van der Waals surface area contributed by atoms with E-state index in [0.717, 1.165) is 40.7 Å². The minimum atomic E-state index is 0. The molecule has 0 unspecified atom stereocenters. The lowest BCUT2D eigenvalue weighted by Crippen LogP contribution is -2.06. The first kappa shape index (κ1) is 16.7. The number of nitrogens with zero attached hydrogens (tertiary/aromatic N) is 5. The van der Waals surface area contributed by atoms with E-state index in [-0.39, 0.29) is 12.4 Å². The van der Waals surface area contributed by atoms with E-state index in [1.165, 1.54) is 5.56 Å². The van der Waals surface area contributed by atoms with Crippen LogP contribution in [0.25, 0.3) is 17.1 Å². The number of aromatic nitrogens is 5. The van der Waals surface area contributed by atoms with Crippen LogP contribution in [0.2, 0.25) is 0 Å². The van der Waals surface area contributed by atoms with Crippen molar-refractivity contribution in [1.29, 1.82) is 0 Å². The van der Waals surface area contributed by atoms with Gasteiger partial charge < -0.3 is 9.30 Å². The van der Waals surface area contributed by atoms with E-state index in [0.29, 0.717) is 13.2 Å². The fourth-order valence-electron chi connectivity index (χ4n) is 3.04. The zero-order valence-corrected chi connectivity index (χ0v) is 14.8. The summed E-state index contributed by atoms with van der Waals surface area (Å²) in [5, 5.41) is 4.68. The minimum absolute atomic E-state index is 0. The van der Waals surface area contributed by atoms with Crippen LogP contribution < -0.4 is 0 Å². The average molecular weight is 346 g/mol. The van der Waals surface area contributed by atoms with Crippen LogP contribution >= 0.6 is 12.4 Å². The van der Waals surface area contributed by atoms with Crippen molar-refractivity contribution in [3.63, 3.8) is 0 Å². The van der Waals surface area contributed by atoms with Gasteiger partial charge in [0.25, 0.3) is 0 Å². The van der Waals surface area contributed by atoms with Gasteiger partial charge in [-0.15, -0.1) is 12.4 Å². The number of methoxy groups -OCH3 is 1. The van der Waals surface area contributed by atoms with Crippen LogP contribution in [0.1, 0.15) is 22.8 Å². The van der Waals surface area contributed by atoms with Crippen molar-refractivity contribution in [2.45, 2.75) is 26.8 Å². The van der Waals surface area contributed by atoms with Crippen molar-refractivity contribution in [3.05, 3.63) is 47.3 Å². The summed E-state index contributed by atoms with van der Waals surface area (Å²) in [5.74, 6) is 1.73. The highest BCUT2D eigenvalue weighted by Crippen LogP contribution is 2.32. The third-order valence-corrected chi connectivity index (χ3v) is 4.27. The predicted octanol–water partition coefficient (Wildman–Crippen LogP) is 2.72. The number of benzene rings is 1. The summed E-state index contributed by atoms with van der Waals surface area (Å²) >= 11 is 0. The molecule has 0 spiro atoms. The fraction of sp³-hybridized carbons (Fsp3) is 0.353. The fourth-order valence-corrected chi connectivity index (χ4v) is 3.04. The molecule has 0 radical (unpaired) electrons. The van der Waals surface area contributed by atoms with E-state index in [1.54, 1.807) is 7.11 Å². The van der Waals surface area contributed by atoms with Gasteiger partial charge in [0.1, 0.15) is 0 Å². The highest BCUT2D eigenvalue weighted by Gasteiger charge is 2.23. The van der Waals surface area contributed by atoms with Crippen LogP contribution in [0.15, 0.2) is 24.5 Å². The molecule has 0 amide bonds. The lowest BCUT2D eigenvalue weighted by molar-refractivity contribution is 0.200. The molecule has 0 saturated heterocycles. The van der Waals surface area contributed by atoms with E-state index in [9.17, 15) is 0 Å². The van der Waals surface area contributed by atoms with Crippen molar-refractivity contribution in [2.75, 3.05) is 13.7 Å². The molecule has 0 N–H and O–H groups in total. The topological polar surface area (TPSA) is 57.8 Å². The summed E-state index contributed by atoms with van der Waals surface area (Å²) in [6, 6.07) is 6.42. The SMILES string of the molecule is COCCc1nc2n(n1)Cc1c(C)ncn1-c1ccc(C)cc1-2.Cl. The number of rotatable bonds is 3. The molecule has 1 aromatic carbocycles. The second kappa shape index (κ2) is 6.37. The Hall–Kier alpha value is -2.18. The maximum atomic E-state index is 5.15. The number of aryl methyl sites for hydroxylation is 2. The molecule has 0 saturated carbocycles. The van der Waals surface area contributed by atoms with E-state index < -0.39 is 0 Å². The summed E-state index contributed by atoms with van der Waals surface area (Å²) in [6.45, 7) is 5.43. The van der Waals surface area contributed by atoms with Crippen molar-refractivity contribution in [1.82, 2.24) is 24.3 Å². The molecule has 126 valence electrons. The number of fused-ring (bicyclic) bond motifs is 5. The van der Waals surface area contributed by atoms with Crippen LogP contribution in [-0.2, 0) is 17.7 Å². The van der Waals surface area contributed by atoms with Crippen LogP contribution in [0, 0.1) is 13.8 Å². The third-order valence-electron chi connectivity index (χ3n) is 4.27. The minimum Gasteiger partial charge on any atom is -0.384 e. The van der Waals surface area contributed by atoms with E-state index in [2.05, 4.69) is 39.8 Å². The maximum absolute atomic E-state index is 5.15. The second-order valence-electron chi connectivity index (χ2n) is 5.92. The van der Waals surface area contributed by atoms with Gasteiger partial charge in [-0.05, 0) is 26.0 Å². The van der Waals surface area contributed by atoms with Gasteiger partial charge >= 0.3 is 0 Å². The summed E-state index contributed by atoms with van der Waals surface area (Å²) in [7, 11) is 1.70. The molecular formula is C17H20ClN5O. The summed E-state index contributed by atoms with van der Waals surface area (Å²) in [6.07, 6.45) is 2.60. The van der Waals surface area contributed by atoms with Gasteiger partial charge in [0.2, 0.25) is 0 Å². The molecule has 3 heterocycles. The molecule has 0 bridgehead atoms. The molecular weight excluding hydrogens is 326 g/mol. The normalized spacial score (nSPS) is 12.0. The summed E-state index contributed by atoms with van der Waals surface area (Å²) in [5.41, 5.74) is 5.58. The Bertz CT molecular complexity index is 883. The molecule has 24 heavy (non-hydrogen) atoms. The monoisotopic (exact) mass is 345 g/mol.